The lowest BCUT2D eigenvalue weighted by Crippen LogP contribution is -2.53. The first-order valence-corrected chi connectivity index (χ1v) is 6.06. The summed E-state index contributed by atoms with van der Waals surface area (Å²) in [5.41, 5.74) is -0.645. The van der Waals surface area contributed by atoms with Gasteiger partial charge < -0.3 is 10.0 Å². The summed E-state index contributed by atoms with van der Waals surface area (Å²) in [7, 11) is 0. The van der Waals surface area contributed by atoms with Gasteiger partial charge in [-0.2, -0.15) is 0 Å². The third-order valence-electron chi connectivity index (χ3n) is 3.49. The minimum atomic E-state index is -1.28. The Balaban J connectivity index is 2.49. The van der Waals surface area contributed by atoms with E-state index < -0.39 is 11.5 Å². The Bertz CT molecular complexity index is 467. The third-order valence-corrected chi connectivity index (χ3v) is 3.49. The van der Waals surface area contributed by atoms with Gasteiger partial charge in [0.25, 0.3) is 0 Å². The molecule has 96 valence electrons. The zero-order valence-corrected chi connectivity index (χ0v) is 10.6. The van der Waals surface area contributed by atoms with Crippen molar-refractivity contribution in [2.75, 3.05) is 0 Å². The predicted molar refractivity (Wildman–Crippen MR) is 67.0 cm³/mol. The monoisotopic (exact) mass is 247 g/mol. The number of amides is 1. The Morgan fingerprint density at radius 3 is 2.22 bits per heavy atom. The van der Waals surface area contributed by atoms with Gasteiger partial charge in [0.2, 0.25) is 5.91 Å². The molecule has 1 N–H and O–H groups in total. The Kier molecular flexibility index (Phi) is 3.11. The van der Waals surface area contributed by atoms with Gasteiger partial charge in [-0.05, 0) is 25.3 Å². The molecule has 0 aromatic heterocycles. The molecule has 1 saturated carbocycles. The van der Waals surface area contributed by atoms with Crippen molar-refractivity contribution in [3.63, 3.8) is 0 Å². The van der Waals surface area contributed by atoms with E-state index in [1.807, 2.05) is 6.07 Å². The molecule has 1 aliphatic carbocycles. The number of hydrogen-bond donors (Lipinski definition) is 1. The van der Waals surface area contributed by atoms with Crippen LogP contribution in [-0.2, 0) is 15.1 Å². The molecule has 2 rings (SSSR count). The van der Waals surface area contributed by atoms with Crippen LogP contribution in [0.25, 0.3) is 0 Å². The van der Waals surface area contributed by atoms with E-state index in [0.717, 1.165) is 12.8 Å². The summed E-state index contributed by atoms with van der Waals surface area (Å²) >= 11 is 0. The number of aliphatic carboxylic acids is 1. The molecule has 1 aromatic rings. The van der Waals surface area contributed by atoms with E-state index in [-0.39, 0.29) is 11.9 Å². The van der Waals surface area contributed by atoms with E-state index in [0.29, 0.717) is 5.56 Å². The minimum Gasteiger partial charge on any atom is -0.479 e. The van der Waals surface area contributed by atoms with E-state index in [1.165, 1.54) is 11.8 Å². The Hall–Kier alpha value is -1.84. The van der Waals surface area contributed by atoms with Crippen LogP contribution in [0.2, 0.25) is 0 Å². The fourth-order valence-corrected chi connectivity index (χ4v) is 2.40. The van der Waals surface area contributed by atoms with E-state index >= 15 is 0 Å². The highest BCUT2D eigenvalue weighted by Gasteiger charge is 2.49. The smallest absolute Gasteiger partial charge is 0.334 e. The molecule has 1 aliphatic rings. The SMILES string of the molecule is CC(=O)N(C1CC1)C(C)(C(=O)O)c1ccccc1. The minimum absolute atomic E-state index is 0.0591. The van der Waals surface area contributed by atoms with Crippen molar-refractivity contribution in [3.05, 3.63) is 35.9 Å². The molecule has 0 aliphatic heterocycles. The van der Waals surface area contributed by atoms with E-state index in [2.05, 4.69) is 0 Å². The van der Waals surface area contributed by atoms with Gasteiger partial charge in [0.1, 0.15) is 0 Å². The zero-order valence-electron chi connectivity index (χ0n) is 10.6. The lowest BCUT2D eigenvalue weighted by Gasteiger charge is -2.38. The number of hydrogen-bond acceptors (Lipinski definition) is 2. The molecule has 1 fully saturated rings. The molecule has 0 bridgehead atoms. The molecule has 1 unspecified atom stereocenters. The van der Waals surface area contributed by atoms with Crippen molar-refractivity contribution in [2.45, 2.75) is 38.3 Å². The fraction of sp³-hybridized carbons (Fsp3) is 0.429. The Morgan fingerprint density at radius 1 is 1.28 bits per heavy atom. The van der Waals surface area contributed by atoms with Crippen LogP contribution in [-0.4, -0.2) is 27.9 Å². The number of nitrogens with zero attached hydrogens (tertiary/aromatic N) is 1. The summed E-state index contributed by atoms with van der Waals surface area (Å²) in [4.78, 5) is 25.0. The van der Waals surface area contributed by atoms with Crippen molar-refractivity contribution < 1.29 is 14.7 Å². The van der Waals surface area contributed by atoms with Crippen LogP contribution in [0.5, 0.6) is 0 Å². The van der Waals surface area contributed by atoms with Crippen molar-refractivity contribution in [3.8, 4) is 0 Å². The van der Waals surface area contributed by atoms with Crippen LogP contribution in [0.3, 0.4) is 0 Å². The van der Waals surface area contributed by atoms with E-state index in [9.17, 15) is 14.7 Å². The highest BCUT2D eigenvalue weighted by molar-refractivity contribution is 5.87. The topological polar surface area (TPSA) is 57.6 Å². The second-order valence-electron chi connectivity index (χ2n) is 4.86. The molecule has 0 heterocycles. The zero-order chi connectivity index (χ0) is 13.3. The highest BCUT2D eigenvalue weighted by atomic mass is 16.4. The van der Waals surface area contributed by atoms with Gasteiger partial charge in [-0.15, -0.1) is 0 Å². The maximum atomic E-state index is 11.8. The summed E-state index contributed by atoms with van der Waals surface area (Å²) in [5.74, 6) is -1.18. The molecule has 1 atom stereocenters. The molecular weight excluding hydrogens is 230 g/mol. The van der Waals surface area contributed by atoms with Gasteiger partial charge in [0.05, 0.1) is 0 Å². The Morgan fingerprint density at radius 2 is 1.83 bits per heavy atom. The molecule has 1 amide bonds. The number of rotatable bonds is 4. The standard InChI is InChI=1S/C14H17NO3/c1-10(16)15(12-8-9-12)14(2,13(17)18)11-6-4-3-5-7-11/h3-7,12H,8-9H2,1-2H3,(H,17,18). The summed E-state index contributed by atoms with van der Waals surface area (Å²) < 4.78 is 0. The number of carboxylic acid groups (broad SMARTS) is 1. The number of carboxylic acids is 1. The van der Waals surface area contributed by atoms with Crippen molar-refractivity contribution in [1.29, 1.82) is 0 Å². The second-order valence-corrected chi connectivity index (χ2v) is 4.86. The molecule has 4 nitrogen and oxygen atoms in total. The van der Waals surface area contributed by atoms with Gasteiger partial charge >= 0.3 is 5.97 Å². The maximum Gasteiger partial charge on any atom is 0.334 e. The second kappa shape index (κ2) is 4.44. The summed E-state index contributed by atoms with van der Waals surface area (Å²) in [6.45, 7) is 3.03. The van der Waals surface area contributed by atoms with Gasteiger partial charge in [-0.3, -0.25) is 4.79 Å². The van der Waals surface area contributed by atoms with Crippen LogP contribution >= 0.6 is 0 Å². The van der Waals surface area contributed by atoms with Gasteiger partial charge in [0.15, 0.2) is 5.54 Å². The number of benzene rings is 1. The van der Waals surface area contributed by atoms with Crippen LogP contribution in [0.15, 0.2) is 30.3 Å². The summed E-state index contributed by atoms with van der Waals surface area (Å²) in [6, 6.07) is 8.99. The first kappa shape index (κ1) is 12.6. The molecule has 0 spiro atoms. The van der Waals surface area contributed by atoms with Crippen molar-refractivity contribution in [2.24, 2.45) is 0 Å². The van der Waals surface area contributed by atoms with Gasteiger partial charge in [-0.1, -0.05) is 30.3 Å². The van der Waals surface area contributed by atoms with Crippen LogP contribution in [0.1, 0.15) is 32.3 Å². The first-order valence-electron chi connectivity index (χ1n) is 6.06. The lowest BCUT2D eigenvalue weighted by atomic mass is 9.89. The van der Waals surface area contributed by atoms with E-state index in [1.54, 1.807) is 31.2 Å². The fourth-order valence-electron chi connectivity index (χ4n) is 2.40. The summed E-state index contributed by atoms with van der Waals surface area (Å²) in [5, 5.41) is 9.59. The van der Waals surface area contributed by atoms with Crippen LogP contribution < -0.4 is 0 Å². The molecule has 18 heavy (non-hydrogen) atoms. The quantitative estimate of drug-likeness (QED) is 0.885. The maximum absolute atomic E-state index is 11.8. The van der Waals surface area contributed by atoms with Crippen LogP contribution in [0, 0.1) is 0 Å². The number of carbonyl (C=O) groups excluding carboxylic acids is 1. The molecule has 0 saturated heterocycles. The molecule has 1 aromatic carbocycles. The highest BCUT2D eigenvalue weighted by Crippen LogP contribution is 2.38. The normalized spacial score (nSPS) is 17.9. The van der Waals surface area contributed by atoms with Gasteiger partial charge in [0, 0.05) is 13.0 Å². The van der Waals surface area contributed by atoms with Gasteiger partial charge in [-0.25, -0.2) is 4.79 Å². The summed E-state index contributed by atoms with van der Waals surface area (Å²) in [6.07, 6.45) is 1.77. The third kappa shape index (κ3) is 1.98. The molecule has 0 radical (unpaired) electrons. The molecular formula is C14H17NO3. The van der Waals surface area contributed by atoms with E-state index in [4.69, 9.17) is 0 Å². The average molecular weight is 247 g/mol. The van der Waals surface area contributed by atoms with Crippen LogP contribution in [0.4, 0.5) is 0 Å². The largest absolute Gasteiger partial charge is 0.479 e. The lowest BCUT2D eigenvalue weighted by molar-refractivity contribution is -0.159. The van der Waals surface area contributed by atoms with Crippen molar-refractivity contribution >= 4 is 11.9 Å². The molecule has 4 heteroatoms. The first-order chi connectivity index (χ1) is 8.48. The number of carbonyl (C=O) groups is 2. The van der Waals surface area contributed by atoms with Crippen molar-refractivity contribution in [1.82, 2.24) is 4.90 Å². The Labute approximate surface area is 106 Å². The predicted octanol–water partition coefficient (Wildman–Crippen LogP) is 2.00. The average Bonchev–Trinajstić information content (AvgIpc) is 3.13.